The van der Waals surface area contributed by atoms with Crippen molar-refractivity contribution in [3.8, 4) is 11.8 Å². The number of hydrogen-bond donors (Lipinski definition) is 1. The first kappa shape index (κ1) is 12.7. The van der Waals surface area contributed by atoms with Gasteiger partial charge < -0.3 is 5.32 Å². The van der Waals surface area contributed by atoms with Crippen LogP contribution in [0, 0.1) is 11.8 Å². The Kier molecular flexibility index (Phi) is 4.06. The lowest BCUT2D eigenvalue weighted by atomic mass is 10.1. The molecule has 1 aromatic rings. The largest absolute Gasteiger partial charge is 0.326 e. The first-order valence-electron chi connectivity index (χ1n) is 5.70. The van der Waals surface area contributed by atoms with Crippen molar-refractivity contribution in [1.82, 2.24) is 0 Å². The molecule has 18 heavy (non-hydrogen) atoms. The van der Waals surface area contributed by atoms with Gasteiger partial charge in [0, 0.05) is 30.3 Å². The summed E-state index contributed by atoms with van der Waals surface area (Å²) < 4.78 is 0. The molecule has 0 atom stereocenters. The predicted molar refractivity (Wildman–Crippen MR) is 73.4 cm³/mol. The highest BCUT2D eigenvalue weighted by molar-refractivity contribution is 8.13. The van der Waals surface area contributed by atoms with Crippen LogP contribution in [0.2, 0.25) is 0 Å². The van der Waals surface area contributed by atoms with Crippen LogP contribution >= 0.6 is 11.8 Å². The SMILES string of the molecule is CC(=O)SCCC#Cc1ccc2c(c1)CC(=O)N2. The van der Waals surface area contributed by atoms with Gasteiger partial charge in [0.2, 0.25) is 5.91 Å². The van der Waals surface area contributed by atoms with E-state index in [2.05, 4.69) is 17.2 Å². The summed E-state index contributed by atoms with van der Waals surface area (Å²) in [7, 11) is 0. The highest BCUT2D eigenvalue weighted by Gasteiger charge is 2.16. The van der Waals surface area contributed by atoms with Gasteiger partial charge in [-0.25, -0.2) is 0 Å². The smallest absolute Gasteiger partial charge is 0.228 e. The van der Waals surface area contributed by atoms with Gasteiger partial charge in [0.15, 0.2) is 5.12 Å². The van der Waals surface area contributed by atoms with Crippen molar-refractivity contribution in [3.05, 3.63) is 29.3 Å². The van der Waals surface area contributed by atoms with Gasteiger partial charge >= 0.3 is 0 Å². The fraction of sp³-hybridized carbons (Fsp3) is 0.286. The Morgan fingerprint density at radius 3 is 3.11 bits per heavy atom. The third-order valence-corrected chi connectivity index (χ3v) is 3.31. The lowest BCUT2D eigenvalue weighted by Gasteiger charge is -1.97. The molecule has 3 nitrogen and oxygen atoms in total. The van der Waals surface area contributed by atoms with Crippen LogP contribution in [0.3, 0.4) is 0 Å². The molecule has 0 aromatic heterocycles. The lowest BCUT2D eigenvalue weighted by Crippen LogP contribution is -2.03. The summed E-state index contributed by atoms with van der Waals surface area (Å²) in [5.41, 5.74) is 2.81. The van der Waals surface area contributed by atoms with Crippen LogP contribution in [0.25, 0.3) is 0 Å². The molecule has 1 heterocycles. The number of rotatable bonds is 2. The molecule has 0 spiro atoms. The number of anilines is 1. The molecule has 1 aromatic carbocycles. The Morgan fingerprint density at radius 1 is 1.50 bits per heavy atom. The number of fused-ring (bicyclic) bond motifs is 1. The number of benzene rings is 1. The Hall–Kier alpha value is -1.73. The van der Waals surface area contributed by atoms with Crippen molar-refractivity contribution >= 4 is 28.5 Å². The summed E-state index contributed by atoms with van der Waals surface area (Å²) in [5, 5.41) is 2.91. The van der Waals surface area contributed by atoms with E-state index in [1.54, 1.807) is 6.92 Å². The van der Waals surface area contributed by atoms with Crippen LogP contribution in [0.4, 0.5) is 5.69 Å². The van der Waals surface area contributed by atoms with Gasteiger partial charge in [0.1, 0.15) is 0 Å². The first-order chi connectivity index (χ1) is 8.65. The molecule has 0 saturated carbocycles. The predicted octanol–water partition coefficient (Wildman–Crippen LogP) is 2.20. The maximum atomic E-state index is 11.2. The normalized spacial score (nSPS) is 12.4. The first-order valence-corrected chi connectivity index (χ1v) is 6.69. The standard InChI is InChI=1S/C14H13NO2S/c1-10(16)18-7-3-2-4-11-5-6-13-12(8-11)9-14(17)15-13/h5-6,8H,3,7,9H2,1H3,(H,15,17). The second kappa shape index (κ2) is 5.74. The quantitative estimate of drug-likeness (QED) is 0.654. The average molecular weight is 259 g/mol. The molecular formula is C14H13NO2S. The van der Waals surface area contributed by atoms with E-state index in [4.69, 9.17) is 0 Å². The van der Waals surface area contributed by atoms with E-state index in [-0.39, 0.29) is 11.0 Å². The lowest BCUT2D eigenvalue weighted by molar-refractivity contribution is -0.115. The zero-order valence-electron chi connectivity index (χ0n) is 10.1. The summed E-state index contributed by atoms with van der Waals surface area (Å²) in [4.78, 5) is 21.9. The van der Waals surface area contributed by atoms with Crippen LogP contribution in [0.1, 0.15) is 24.5 Å². The highest BCUT2D eigenvalue weighted by Crippen LogP contribution is 2.23. The molecule has 92 valence electrons. The number of thioether (sulfide) groups is 1. The Labute approximate surface area is 110 Å². The molecule has 1 N–H and O–H groups in total. The second-order valence-corrected chi connectivity index (χ2v) is 5.26. The molecule has 0 fully saturated rings. The van der Waals surface area contributed by atoms with Crippen molar-refractivity contribution in [2.75, 3.05) is 11.1 Å². The highest BCUT2D eigenvalue weighted by atomic mass is 32.2. The second-order valence-electron chi connectivity index (χ2n) is 3.99. The van der Waals surface area contributed by atoms with Gasteiger partial charge in [-0.05, 0) is 23.8 Å². The van der Waals surface area contributed by atoms with E-state index in [1.807, 2.05) is 18.2 Å². The number of hydrogen-bond acceptors (Lipinski definition) is 3. The molecule has 1 amide bonds. The van der Waals surface area contributed by atoms with Gasteiger partial charge in [-0.1, -0.05) is 23.6 Å². The third-order valence-electron chi connectivity index (χ3n) is 2.50. The third kappa shape index (κ3) is 3.38. The number of amides is 1. The van der Waals surface area contributed by atoms with Gasteiger partial charge in [0.25, 0.3) is 0 Å². The summed E-state index contributed by atoms with van der Waals surface area (Å²) in [6.45, 7) is 1.56. The molecule has 2 rings (SSSR count). The van der Waals surface area contributed by atoms with Crippen LogP contribution in [0.15, 0.2) is 18.2 Å². The molecule has 0 saturated heterocycles. The van der Waals surface area contributed by atoms with E-state index in [0.717, 1.165) is 22.6 Å². The van der Waals surface area contributed by atoms with Crippen molar-refractivity contribution < 1.29 is 9.59 Å². The monoisotopic (exact) mass is 259 g/mol. The summed E-state index contributed by atoms with van der Waals surface area (Å²) in [6, 6.07) is 5.72. The summed E-state index contributed by atoms with van der Waals surface area (Å²) in [5.74, 6) is 6.84. The minimum atomic E-state index is 0.0352. The molecule has 0 bridgehead atoms. The van der Waals surface area contributed by atoms with Crippen molar-refractivity contribution in [1.29, 1.82) is 0 Å². The Balaban J connectivity index is 1.95. The Bertz CT molecular complexity index is 555. The maximum Gasteiger partial charge on any atom is 0.228 e. The van der Waals surface area contributed by atoms with E-state index in [1.165, 1.54) is 11.8 Å². The van der Waals surface area contributed by atoms with Crippen molar-refractivity contribution in [2.24, 2.45) is 0 Å². The fourth-order valence-corrected chi connectivity index (χ4v) is 2.21. The molecule has 0 unspecified atom stereocenters. The van der Waals surface area contributed by atoms with Gasteiger partial charge in [-0.15, -0.1) is 0 Å². The average Bonchev–Trinajstić information content (AvgIpc) is 2.67. The van der Waals surface area contributed by atoms with Crippen LogP contribution in [-0.2, 0) is 16.0 Å². The maximum absolute atomic E-state index is 11.2. The van der Waals surface area contributed by atoms with E-state index < -0.39 is 0 Å². The van der Waals surface area contributed by atoms with Crippen LogP contribution in [0.5, 0.6) is 0 Å². The molecule has 0 aliphatic carbocycles. The van der Waals surface area contributed by atoms with Crippen LogP contribution < -0.4 is 5.32 Å². The topological polar surface area (TPSA) is 46.2 Å². The zero-order valence-corrected chi connectivity index (χ0v) is 10.9. The summed E-state index contributed by atoms with van der Waals surface area (Å²) >= 11 is 1.29. The van der Waals surface area contributed by atoms with Crippen molar-refractivity contribution in [3.63, 3.8) is 0 Å². The van der Waals surface area contributed by atoms with Gasteiger partial charge in [0.05, 0.1) is 6.42 Å². The van der Waals surface area contributed by atoms with Crippen molar-refractivity contribution in [2.45, 2.75) is 19.8 Å². The molecule has 4 heteroatoms. The number of nitrogens with one attached hydrogen (secondary N) is 1. The molecular weight excluding hydrogens is 246 g/mol. The van der Waals surface area contributed by atoms with Gasteiger partial charge in [-0.3, -0.25) is 9.59 Å². The van der Waals surface area contributed by atoms with E-state index in [0.29, 0.717) is 12.8 Å². The van der Waals surface area contributed by atoms with Gasteiger partial charge in [-0.2, -0.15) is 0 Å². The Morgan fingerprint density at radius 2 is 2.33 bits per heavy atom. The number of carbonyl (C=O) groups excluding carboxylic acids is 2. The summed E-state index contributed by atoms with van der Waals surface area (Å²) in [6.07, 6.45) is 1.13. The fourth-order valence-electron chi connectivity index (χ4n) is 1.72. The zero-order chi connectivity index (χ0) is 13.0. The minimum Gasteiger partial charge on any atom is -0.326 e. The molecule has 0 radical (unpaired) electrons. The van der Waals surface area contributed by atoms with E-state index in [9.17, 15) is 9.59 Å². The number of carbonyl (C=O) groups is 2. The molecule has 1 aliphatic rings. The minimum absolute atomic E-state index is 0.0352. The molecule has 1 aliphatic heterocycles. The van der Waals surface area contributed by atoms with E-state index >= 15 is 0 Å². The van der Waals surface area contributed by atoms with Crippen LogP contribution in [-0.4, -0.2) is 16.8 Å².